The molecule has 0 bridgehead atoms. The van der Waals surface area contributed by atoms with Gasteiger partial charge in [0.05, 0.1) is 12.5 Å². The number of hydrogen-bond donors (Lipinski definition) is 0. The van der Waals surface area contributed by atoms with E-state index in [1.54, 1.807) is 0 Å². The fourth-order valence-corrected chi connectivity index (χ4v) is 4.13. The maximum absolute atomic E-state index is 5.80. The molecule has 0 fully saturated rings. The normalized spacial score (nSPS) is 14.2. The summed E-state index contributed by atoms with van der Waals surface area (Å²) in [6, 6.07) is 21.0. The Labute approximate surface area is 175 Å². The Morgan fingerprint density at radius 3 is 2.23 bits per heavy atom. The van der Waals surface area contributed by atoms with Gasteiger partial charge in [-0.3, -0.25) is 4.90 Å². The number of nitrogens with zero attached hydrogens (tertiary/aromatic N) is 4. The van der Waals surface area contributed by atoms with E-state index in [2.05, 4.69) is 68.8 Å². The van der Waals surface area contributed by atoms with Crippen LogP contribution in [0.4, 0.5) is 0 Å². The van der Waals surface area contributed by atoms with Crippen LogP contribution < -0.4 is 0 Å². The van der Waals surface area contributed by atoms with E-state index >= 15 is 0 Å². The van der Waals surface area contributed by atoms with Gasteiger partial charge in [-0.15, -0.1) is 10.2 Å². The first-order valence-corrected chi connectivity index (χ1v) is 10.4. The lowest BCUT2D eigenvalue weighted by Crippen LogP contribution is -2.30. The van der Waals surface area contributed by atoms with E-state index in [4.69, 9.17) is 8.94 Å². The van der Waals surface area contributed by atoms with E-state index in [0.29, 0.717) is 18.3 Å². The third-order valence-corrected chi connectivity index (χ3v) is 5.65. The molecule has 0 amide bonds. The monoisotopic (exact) mass is 400 g/mol. The van der Waals surface area contributed by atoms with Crippen molar-refractivity contribution < 1.29 is 8.94 Å². The maximum atomic E-state index is 5.80. The van der Waals surface area contributed by atoms with Crippen molar-refractivity contribution in [3.8, 4) is 0 Å². The first-order chi connectivity index (χ1) is 14.8. The van der Waals surface area contributed by atoms with Gasteiger partial charge in [-0.2, -0.15) is 0 Å². The van der Waals surface area contributed by atoms with Gasteiger partial charge in [0.25, 0.3) is 0 Å². The van der Waals surface area contributed by atoms with Crippen LogP contribution in [0.3, 0.4) is 0 Å². The molecule has 152 valence electrons. The minimum absolute atomic E-state index is 0.0370. The third kappa shape index (κ3) is 3.66. The van der Waals surface area contributed by atoms with Gasteiger partial charge in [0, 0.05) is 31.5 Å². The Balaban J connectivity index is 1.47. The number of rotatable bonds is 6. The van der Waals surface area contributed by atoms with Crippen molar-refractivity contribution in [3.05, 3.63) is 101 Å². The van der Waals surface area contributed by atoms with Crippen LogP contribution >= 0.6 is 0 Å². The van der Waals surface area contributed by atoms with Crippen molar-refractivity contribution in [1.29, 1.82) is 0 Å². The lowest BCUT2D eigenvalue weighted by molar-refractivity contribution is 0.207. The predicted molar refractivity (Wildman–Crippen MR) is 112 cm³/mol. The van der Waals surface area contributed by atoms with Crippen LogP contribution in [0.5, 0.6) is 0 Å². The Morgan fingerprint density at radius 1 is 0.933 bits per heavy atom. The first kappa shape index (κ1) is 18.8. The number of aryl methyl sites for hydroxylation is 1. The van der Waals surface area contributed by atoms with Gasteiger partial charge < -0.3 is 8.94 Å². The maximum Gasteiger partial charge on any atom is 0.230 e. The molecule has 1 aliphatic rings. The van der Waals surface area contributed by atoms with Crippen molar-refractivity contribution in [1.82, 2.24) is 20.3 Å². The molecule has 0 spiro atoms. The van der Waals surface area contributed by atoms with Crippen LogP contribution in [0.1, 0.15) is 52.8 Å². The molecule has 0 atom stereocenters. The van der Waals surface area contributed by atoms with Crippen LogP contribution in [0.2, 0.25) is 0 Å². The predicted octanol–water partition coefficient (Wildman–Crippen LogP) is 4.36. The Kier molecular flexibility index (Phi) is 5.15. The summed E-state index contributed by atoms with van der Waals surface area (Å²) in [5.41, 5.74) is 4.59. The topological polar surface area (TPSA) is 68.2 Å². The van der Waals surface area contributed by atoms with Gasteiger partial charge in [0.1, 0.15) is 11.5 Å². The summed E-state index contributed by atoms with van der Waals surface area (Å²) in [6.45, 7) is 4.29. The van der Waals surface area contributed by atoms with E-state index in [9.17, 15) is 0 Å². The molecule has 2 aromatic heterocycles. The Hall–Kier alpha value is -3.25. The summed E-state index contributed by atoms with van der Waals surface area (Å²) in [5.74, 6) is 2.37. The molecule has 6 nitrogen and oxygen atoms in total. The second-order valence-corrected chi connectivity index (χ2v) is 7.63. The fourth-order valence-electron chi connectivity index (χ4n) is 4.13. The summed E-state index contributed by atoms with van der Waals surface area (Å²) in [6.07, 6.45) is 1.58. The average Bonchev–Trinajstić information content (AvgIpc) is 3.43. The van der Waals surface area contributed by atoms with Crippen LogP contribution in [0.15, 0.2) is 69.6 Å². The van der Waals surface area contributed by atoms with Crippen LogP contribution in [-0.2, 0) is 25.9 Å². The molecule has 0 saturated heterocycles. The van der Waals surface area contributed by atoms with Crippen molar-refractivity contribution in [3.63, 3.8) is 0 Å². The summed E-state index contributed by atoms with van der Waals surface area (Å²) in [4.78, 5) is 2.32. The van der Waals surface area contributed by atoms with Crippen molar-refractivity contribution >= 4 is 0 Å². The molecule has 30 heavy (non-hydrogen) atoms. The second-order valence-electron chi connectivity index (χ2n) is 7.63. The van der Waals surface area contributed by atoms with Gasteiger partial charge in [-0.25, -0.2) is 0 Å². The van der Waals surface area contributed by atoms with E-state index in [0.717, 1.165) is 37.4 Å². The van der Waals surface area contributed by atoms with Crippen molar-refractivity contribution in [2.24, 2.45) is 0 Å². The quantitative estimate of drug-likeness (QED) is 0.479. The van der Waals surface area contributed by atoms with Crippen LogP contribution in [0, 0.1) is 0 Å². The number of fused-ring (bicyclic) bond motifs is 1. The molecule has 0 aliphatic carbocycles. The Morgan fingerprint density at radius 2 is 1.60 bits per heavy atom. The van der Waals surface area contributed by atoms with Gasteiger partial charge in [0.2, 0.25) is 11.8 Å². The minimum Gasteiger partial charge on any atom is -0.424 e. The molecule has 2 aromatic carbocycles. The molecule has 0 radical (unpaired) electrons. The van der Waals surface area contributed by atoms with Crippen molar-refractivity contribution in [2.45, 2.75) is 38.8 Å². The zero-order valence-electron chi connectivity index (χ0n) is 17.0. The number of benzene rings is 2. The largest absolute Gasteiger partial charge is 0.424 e. The van der Waals surface area contributed by atoms with E-state index in [1.807, 2.05) is 19.1 Å². The highest BCUT2D eigenvalue weighted by atomic mass is 16.5. The zero-order chi connectivity index (χ0) is 20.3. The molecule has 4 aromatic rings. The SMILES string of the molecule is CCc1nnc(CN2CCc3onc(C(c4ccccc4)c4ccccc4)c3C2)o1. The average molecular weight is 400 g/mol. The second kappa shape index (κ2) is 8.24. The summed E-state index contributed by atoms with van der Waals surface area (Å²) in [7, 11) is 0. The van der Waals surface area contributed by atoms with Crippen molar-refractivity contribution in [2.75, 3.05) is 6.54 Å². The zero-order valence-corrected chi connectivity index (χ0v) is 17.0. The standard InChI is InChI=1S/C24H24N4O2/c1-2-21-25-26-22(29-21)16-28-14-13-20-19(15-28)24(27-30-20)23(17-9-5-3-6-10-17)18-11-7-4-8-12-18/h3-12,23H,2,13-16H2,1H3. The van der Waals surface area contributed by atoms with E-state index < -0.39 is 0 Å². The summed E-state index contributed by atoms with van der Waals surface area (Å²) < 4.78 is 11.5. The molecule has 0 unspecified atom stereocenters. The summed E-state index contributed by atoms with van der Waals surface area (Å²) >= 11 is 0. The molecule has 0 saturated carbocycles. The lowest BCUT2D eigenvalue weighted by atomic mass is 9.85. The van der Waals surface area contributed by atoms with E-state index in [-0.39, 0.29) is 5.92 Å². The highest BCUT2D eigenvalue weighted by molar-refractivity contribution is 5.44. The highest BCUT2D eigenvalue weighted by Crippen LogP contribution is 2.36. The van der Waals surface area contributed by atoms with Crippen LogP contribution in [-0.4, -0.2) is 26.8 Å². The molecule has 1 aliphatic heterocycles. The molecule has 6 heteroatoms. The smallest absolute Gasteiger partial charge is 0.230 e. The number of hydrogen-bond acceptors (Lipinski definition) is 6. The number of aromatic nitrogens is 3. The van der Waals surface area contributed by atoms with Gasteiger partial charge in [-0.1, -0.05) is 72.7 Å². The van der Waals surface area contributed by atoms with Crippen LogP contribution in [0.25, 0.3) is 0 Å². The third-order valence-electron chi connectivity index (χ3n) is 5.65. The highest BCUT2D eigenvalue weighted by Gasteiger charge is 2.30. The molecular formula is C24H24N4O2. The lowest BCUT2D eigenvalue weighted by Gasteiger charge is -2.26. The fraction of sp³-hybridized carbons (Fsp3) is 0.292. The van der Waals surface area contributed by atoms with Gasteiger partial charge in [-0.05, 0) is 11.1 Å². The molecular weight excluding hydrogens is 376 g/mol. The molecule has 5 rings (SSSR count). The summed E-state index contributed by atoms with van der Waals surface area (Å²) in [5, 5.41) is 12.8. The minimum atomic E-state index is 0.0370. The van der Waals surface area contributed by atoms with E-state index in [1.165, 1.54) is 16.7 Å². The molecule has 3 heterocycles. The van der Waals surface area contributed by atoms with Gasteiger partial charge in [0.15, 0.2) is 0 Å². The first-order valence-electron chi connectivity index (χ1n) is 10.4. The Bertz CT molecular complexity index is 1070. The van der Waals surface area contributed by atoms with Gasteiger partial charge >= 0.3 is 0 Å². The molecule has 0 N–H and O–H groups in total.